The summed E-state index contributed by atoms with van der Waals surface area (Å²) in [5.74, 6) is 1.29. The van der Waals surface area contributed by atoms with Gasteiger partial charge in [-0.15, -0.1) is 0 Å². The lowest BCUT2D eigenvalue weighted by Crippen LogP contribution is -2.38. The first-order valence-corrected chi connectivity index (χ1v) is 8.04. The lowest BCUT2D eigenvalue weighted by atomic mass is 10.2. The molecule has 0 bridgehead atoms. The molecule has 0 spiro atoms. The second-order valence-corrected chi connectivity index (χ2v) is 5.75. The van der Waals surface area contributed by atoms with Gasteiger partial charge in [0.15, 0.2) is 0 Å². The molecule has 1 rings (SSSR count). The van der Waals surface area contributed by atoms with Crippen molar-refractivity contribution in [2.75, 3.05) is 13.1 Å². The normalized spacial score (nSPS) is 12.0. The number of nitrogens with one attached hydrogen (secondary N) is 1. The van der Waals surface area contributed by atoms with Crippen molar-refractivity contribution in [3.05, 3.63) is 23.2 Å². The zero-order chi connectivity index (χ0) is 16.7. The third-order valence-electron chi connectivity index (χ3n) is 3.68. The molecule has 5 nitrogen and oxygen atoms in total. The van der Waals surface area contributed by atoms with E-state index in [2.05, 4.69) is 5.32 Å². The second-order valence-electron chi connectivity index (χ2n) is 5.75. The summed E-state index contributed by atoms with van der Waals surface area (Å²) in [6.07, 6.45) is 2.08. The summed E-state index contributed by atoms with van der Waals surface area (Å²) in [6.45, 7) is 10.7. The van der Waals surface area contributed by atoms with Crippen molar-refractivity contribution in [2.24, 2.45) is 0 Å². The van der Waals surface area contributed by atoms with Gasteiger partial charge in [-0.1, -0.05) is 13.8 Å². The topological polar surface area (TPSA) is 62.6 Å². The number of amides is 2. The van der Waals surface area contributed by atoms with Crippen molar-refractivity contribution >= 4 is 11.8 Å². The molecule has 1 aromatic rings. The van der Waals surface area contributed by atoms with Crippen molar-refractivity contribution < 1.29 is 14.0 Å². The molecule has 0 aliphatic heterocycles. The Bertz CT molecular complexity index is 508. The Morgan fingerprint density at radius 1 is 1.27 bits per heavy atom. The van der Waals surface area contributed by atoms with Crippen LogP contribution >= 0.6 is 0 Å². The van der Waals surface area contributed by atoms with Crippen LogP contribution < -0.4 is 5.32 Å². The molecule has 1 heterocycles. The number of rotatable bonds is 8. The summed E-state index contributed by atoms with van der Waals surface area (Å²) in [5, 5.41) is 2.93. The van der Waals surface area contributed by atoms with Crippen LogP contribution in [0.3, 0.4) is 0 Å². The van der Waals surface area contributed by atoms with Gasteiger partial charge < -0.3 is 14.6 Å². The minimum absolute atomic E-state index is 0.0108. The highest BCUT2D eigenvalue weighted by molar-refractivity contribution is 5.95. The number of hydrogen-bond acceptors (Lipinski definition) is 3. The highest BCUT2D eigenvalue weighted by Crippen LogP contribution is 2.16. The second kappa shape index (κ2) is 8.61. The molecule has 1 aromatic heterocycles. The molecule has 5 heteroatoms. The summed E-state index contributed by atoms with van der Waals surface area (Å²) in [6, 6.07) is 1.93. The minimum atomic E-state index is -0.0625. The SMILES string of the molecule is CCCN(CCC(=O)N[C@@H](C)CC)C(=O)c1cc(C)oc1C. The summed E-state index contributed by atoms with van der Waals surface area (Å²) in [4.78, 5) is 26.2. The van der Waals surface area contributed by atoms with Crippen LogP contribution in [-0.4, -0.2) is 35.8 Å². The maximum Gasteiger partial charge on any atom is 0.257 e. The van der Waals surface area contributed by atoms with E-state index < -0.39 is 0 Å². The van der Waals surface area contributed by atoms with Crippen LogP contribution in [0.15, 0.2) is 10.5 Å². The standard InChI is InChI=1S/C17H28N2O3/c1-6-9-19(10-8-16(20)18-12(3)7-2)17(21)15-11-13(4)22-14(15)5/h11-12H,6-10H2,1-5H3,(H,18,20)/t12-/m0/s1. The van der Waals surface area contributed by atoms with Gasteiger partial charge in [-0.2, -0.15) is 0 Å². The Balaban J connectivity index is 2.67. The van der Waals surface area contributed by atoms with Gasteiger partial charge in [0.1, 0.15) is 11.5 Å². The predicted octanol–water partition coefficient (Wildman–Crippen LogP) is 3.05. The number of aryl methyl sites for hydroxylation is 2. The predicted molar refractivity (Wildman–Crippen MR) is 86.9 cm³/mol. The monoisotopic (exact) mass is 308 g/mol. The molecule has 0 saturated carbocycles. The fraction of sp³-hybridized carbons (Fsp3) is 0.647. The number of carbonyl (C=O) groups is 2. The molecule has 1 atom stereocenters. The Labute approximate surface area is 133 Å². The zero-order valence-electron chi connectivity index (χ0n) is 14.4. The lowest BCUT2D eigenvalue weighted by molar-refractivity contribution is -0.121. The largest absolute Gasteiger partial charge is 0.466 e. The molecule has 1 N–H and O–H groups in total. The Hall–Kier alpha value is -1.78. The van der Waals surface area contributed by atoms with Gasteiger partial charge in [0, 0.05) is 25.6 Å². The number of carbonyl (C=O) groups excluding carboxylic acids is 2. The average Bonchev–Trinajstić information content (AvgIpc) is 2.81. The van der Waals surface area contributed by atoms with E-state index >= 15 is 0 Å². The smallest absolute Gasteiger partial charge is 0.257 e. The van der Waals surface area contributed by atoms with E-state index in [0.29, 0.717) is 30.8 Å². The van der Waals surface area contributed by atoms with Gasteiger partial charge in [0.25, 0.3) is 5.91 Å². The van der Waals surface area contributed by atoms with Crippen molar-refractivity contribution in [3.63, 3.8) is 0 Å². The maximum absolute atomic E-state index is 12.6. The van der Waals surface area contributed by atoms with Crippen LogP contribution in [0.1, 0.15) is 61.9 Å². The number of nitrogens with zero attached hydrogens (tertiary/aromatic N) is 1. The molecule has 0 saturated heterocycles. The maximum atomic E-state index is 12.6. The first kappa shape index (κ1) is 18.3. The molecule has 0 unspecified atom stereocenters. The van der Waals surface area contributed by atoms with Crippen LogP contribution in [0.5, 0.6) is 0 Å². The molecule has 124 valence electrons. The highest BCUT2D eigenvalue weighted by Gasteiger charge is 2.20. The number of hydrogen-bond donors (Lipinski definition) is 1. The zero-order valence-corrected chi connectivity index (χ0v) is 14.4. The van der Waals surface area contributed by atoms with E-state index in [1.807, 2.05) is 27.7 Å². The Morgan fingerprint density at radius 3 is 2.45 bits per heavy atom. The van der Waals surface area contributed by atoms with Crippen molar-refractivity contribution in [1.82, 2.24) is 10.2 Å². The van der Waals surface area contributed by atoms with E-state index in [-0.39, 0.29) is 17.9 Å². The molecule has 0 aromatic carbocycles. The van der Waals surface area contributed by atoms with Crippen molar-refractivity contribution in [1.29, 1.82) is 0 Å². The van der Waals surface area contributed by atoms with Gasteiger partial charge in [0.2, 0.25) is 5.91 Å². The van der Waals surface area contributed by atoms with Crippen LogP contribution in [0, 0.1) is 13.8 Å². The molecular formula is C17H28N2O3. The number of furan rings is 1. The third-order valence-corrected chi connectivity index (χ3v) is 3.68. The summed E-state index contributed by atoms with van der Waals surface area (Å²) < 4.78 is 5.43. The van der Waals surface area contributed by atoms with Crippen LogP contribution in [0.4, 0.5) is 0 Å². The van der Waals surface area contributed by atoms with Crippen molar-refractivity contribution in [2.45, 2.75) is 59.9 Å². The fourth-order valence-corrected chi connectivity index (χ4v) is 2.28. The first-order valence-electron chi connectivity index (χ1n) is 8.04. The average molecular weight is 308 g/mol. The van der Waals surface area contributed by atoms with E-state index in [1.54, 1.807) is 17.9 Å². The Morgan fingerprint density at radius 2 is 1.95 bits per heavy atom. The fourth-order valence-electron chi connectivity index (χ4n) is 2.28. The lowest BCUT2D eigenvalue weighted by Gasteiger charge is -2.22. The van der Waals surface area contributed by atoms with Crippen LogP contribution in [0.2, 0.25) is 0 Å². The van der Waals surface area contributed by atoms with Gasteiger partial charge >= 0.3 is 0 Å². The van der Waals surface area contributed by atoms with Gasteiger partial charge in [-0.25, -0.2) is 0 Å². The summed E-state index contributed by atoms with van der Waals surface area (Å²) in [5.41, 5.74) is 0.591. The van der Waals surface area contributed by atoms with Crippen LogP contribution in [0.25, 0.3) is 0 Å². The van der Waals surface area contributed by atoms with E-state index in [9.17, 15) is 9.59 Å². The van der Waals surface area contributed by atoms with E-state index in [0.717, 1.165) is 18.6 Å². The Kier molecular flexibility index (Phi) is 7.15. The first-order chi connectivity index (χ1) is 10.4. The molecule has 22 heavy (non-hydrogen) atoms. The molecule has 0 fully saturated rings. The minimum Gasteiger partial charge on any atom is -0.466 e. The van der Waals surface area contributed by atoms with E-state index in [1.165, 1.54) is 0 Å². The van der Waals surface area contributed by atoms with E-state index in [4.69, 9.17) is 4.42 Å². The molecule has 0 radical (unpaired) electrons. The van der Waals surface area contributed by atoms with Crippen molar-refractivity contribution in [3.8, 4) is 0 Å². The summed E-state index contributed by atoms with van der Waals surface area (Å²) in [7, 11) is 0. The summed E-state index contributed by atoms with van der Waals surface area (Å²) >= 11 is 0. The molecule has 0 aliphatic carbocycles. The molecular weight excluding hydrogens is 280 g/mol. The molecule has 0 aliphatic rings. The van der Waals surface area contributed by atoms with Crippen LogP contribution in [-0.2, 0) is 4.79 Å². The highest BCUT2D eigenvalue weighted by atomic mass is 16.3. The van der Waals surface area contributed by atoms with Gasteiger partial charge in [0.05, 0.1) is 5.56 Å². The molecule has 2 amide bonds. The van der Waals surface area contributed by atoms with Gasteiger partial charge in [-0.3, -0.25) is 9.59 Å². The van der Waals surface area contributed by atoms with Gasteiger partial charge in [-0.05, 0) is 39.7 Å². The third kappa shape index (κ3) is 5.20. The quantitative estimate of drug-likeness (QED) is 0.803.